The number of nitrogens with zero attached hydrogens (tertiary/aromatic N) is 2. The number of rotatable bonds is 9. The molecule has 1 heterocycles. The lowest BCUT2D eigenvalue weighted by atomic mass is 10.1. The van der Waals surface area contributed by atoms with E-state index >= 15 is 0 Å². The monoisotopic (exact) mass is 348 g/mol. The van der Waals surface area contributed by atoms with E-state index in [9.17, 15) is 0 Å². The molecular formula is C19H32N4O2. The fraction of sp³-hybridized carbons (Fsp3) is 0.632. The van der Waals surface area contributed by atoms with E-state index in [1.165, 1.54) is 11.3 Å². The van der Waals surface area contributed by atoms with Crippen LogP contribution in [-0.4, -0.2) is 58.6 Å². The number of morpholine rings is 1. The number of guanidine groups is 1. The molecule has 1 aliphatic rings. The van der Waals surface area contributed by atoms with Crippen molar-refractivity contribution < 1.29 is 9.47 Å². The van der Waals surface area contributed by atoms with Gasteiger partial charge in [-0.2, -0.15) is 0 Å². The van der Waals surface area contributed by atoms with Crippen molar-refractivity contribution in [2.45, 2.75) is 26.8 Å². The molecule has 1 aromatic rings. The van der Waals surface area contributed by atoms with Crippen LogP contribution in [0, 0.1) is 0 Å². The Bertz CT molecular complexity index is 516. The third-order valence-corrected chi connectivity index (χ3v) is 4.06. The van der Waals surface area contributed by atoms with Crippen LogP contribution in [0.5, 0.6) is 0 Å². The van der Waals surface area contributed by atoms with E-state index in [2.05, 4.69) is 46.7 Å². The van der Waals surface area contributed by atoms with Gasteiger partial charge in [0.1, 0.15) is 0 Å². The van der Waals surface area contributed by atoms with Gasteiger partial charge in [-0.1, -0.05) is 18.2 Å². The third kappa shape index (κ3) is 6.92. The van der Waals surface area contributed by atoms with E-state index in [-0.39, 0.29) is 0 Å². The van der Waals surface area contributed by atoms with Crippen molar-refractivity contribution in [2.24, 2.45) is 4.99 Å². The summed E-state index contributed by atoms with van der Waals surface area (Å²) < 4.78 is 10.8. The van der Waals surface area contributed by atoms with Crippen LogP contribution in [-0.2, 0) is 16.0 Å². The minimum Gasteiger partial charge on any atom is -0.382 e. The van der Waals surface area contributed by atoms with Gasteiger partial charge < -0.3 is 25.0 Å². The lowest BCUT2D eigenvalue weighted by Crippen LogP contribution is -2.38. The molecule has 0 amide bonds. The van der Waals surface area contributed by atoms with Gasteiger partial charge in [-0.25, -0.2) is 4.99 Å². The Kier molecular flexibility index (Phi) is 9.15. The summed E-state index contributed by atoms with van der Waals surface area (Å²) in [5.41, 5.74) is 2.51. The van der Waals surface area contributed by atoms with E-state index in [1.807, 2.05) is 6.92 Å². The minimum atomic E-state index is 0.661. The minimum absolute atomic E-state index is 0.661. The Morgan fingerprint density at radius 1 is 1.20 bits per heavy atom. The van der Waals surface area contributed by atoms with Gasteiger partial charge in [-0.05, 0) is 31.9 Å². The summed E-state index contributed by atoms with van der Waals surface area (Å²) in [6.07, 6.45) is 0.975. The number of para-hydroxylation sites is 1. The zero-order valence-corrected chi connectivity index (χ0v) is 15.6. The molecule has 0 unspecified atom stereocenters. The summed E-state index contributed by atoms with van der Waals surface area (Å²) in [4.78, 5) is 7.14. The summed E-state index contributed by atoms with van der Waals surface area (Å²) in [7, 11) is 0. The van der Waals surface area contributed by atoms with E-state index in [4.69, 9.17) is 14.5 Å². The van der Waals surface area contributed by atoms with E-state index in [1.54, 1.807) is 0 Å². The van der Waals surface area contributed by atoms with Crippen molar-refractivity contribution in [3.63, 3.8) is 0 Å². The first-order valence-corrected chi connectivity index (χ1v) is 9.35. The average molecular weight is 348 g/mol. The quantitative estimate of drug-likeness (QED) is 0.406. The number of nitrogens with one attached hydrogen (secondary N) is 2. The highest BCUT2D eigenvalue weighted by atomic mass is 16.5. The van der Waals surface area contributed by atoms with Crippen LogP contribution in [0.1, 0.15) is 25.8 Å². The van der Waals surface area contributed by atoms with Gasteiger partial charge in [0, 0.05) is 45.1 Å². The molecule has 0 atom stereocenters. The molecule has 6 nitrogen and oxygen atoms in total. The Morgan fingerprint density at radius 2 is 2.00 bits per heavy atom. The topological polar surface area (TPSA) is 58.1 Å². The van der Waals surface area contributed by atoms with Gasteiger partial charge in [-0.15, -0.1) is 0 Å². The van der Waals surface area contributed by atoms with E-state index in [0.29, 0.717) is 6.54 Å². The third-order valence-electron chi connectivity index (χ3n) is 4.06. The summed E-state index contributed by atoms with van der Waals surface area (Å²) >= 11 is 0. The number of aliphatic imine (C=N–C) groups is 1. The van der Waals surface area contributed by atoms with E-state index < -0.39 is 0 Å². The number of benzene rings is 1. The molecule has 0 saturated carbocycles. The molecule has 0 aromatic heterocycles. The van der Waals surface area contributed by atoms with Crippen LogP contribution in [0.3, 0.4) is 0 Å². The lowest BCUT2D eigenvalue weighted by Gasteiger charge is -2.30. The molecule has 1 aromatic carbocycles. The highest BCUT2D eigenvalue weighted by molar-refractivity contribution is 5.79. The largest absolute Gasteiger partial charge is 0.382 e. The fourth-order valence-electron chi connectivity index (χ4n) is 2.79. The molecule has 2 N–H and O–H groups in total. The number of hydrogen-bond donors (Lipinski definition) is 2. The normalized spacial score (nSPS) is 15.3. The highest BCUT2D eigenvalue weighted by Gasteiger charge is 2.14. The second kappa shape index (κ2) is 11.7. The summed E-state index contributed by atoms with van der Waals surface area (Å²) in [6, 6.07) is 8.51. The molecule has 0 spiro atoms. The van der Waals surface area contributed by atoms with Crippen molar-refractivity contribution in [1.29, 1.82) is 0 Å². The predicted octanol–water partition coefficient (Wildman–Crippen LogP) is 2.00. The maximum Gasteiger partial charge on any atom is 0.191 e. The van der Waals surface area contributed by atoms with Crippen molar-refractivity contribution in [2.75, 3.05) is 57.5 Å². The fourth-order valence-corrected chi connectivity index (χ4v) is 2.79. The molecule has 0 bridgehead atoms. The number of ether oxygens (including phenoxy) is 2. The van der Waals surface area contributed by atoms with Crippen LogP contribution in [0.25, 0.3) is 0 Å². The molecule has 0 radical (unpaired) electrons. The molecule has 1 fully saturated rings. The highest BCUT2D eigenvalue weighted by Crippen LogP contribution is 2.22. The molecular weight excluding hydrogens is 316 g/mol. The van der Waals surface area contributed by atoms with Gasteiger partial charge in [0.2, 0.25) is 0 Å². The van der Waals surface area contributed by atoms with Crippen molar-refractivity contribution in [3.05, 3.63) is 29.8 Å². The summed E-state index contributed by atoms with van der Waals surface area (Å²) in [5, 5.41) is 6.68. The van der Waals surface area contributed by atoms with Crippen LogP contribution < -0.4 is 15.5 Å². The molecule has 6 heteroatoms. The predicted molar refractivity (Wildman–Crippen MR) is 103 cm³/mol. The lowest BCUT2D eigenvalue weighted by molar-refractivity contribution is 0.122. The van der Waals surface area contributed by atoms with Crippen molar-refractivity contribution >= 4 is 11.6 Å². The van der Waals surface area contributed by atoms with Crippen LogP contribution in [0.15, 0.2) is 29.3 Å². The Hall–Kier alpha value is -1.79. The standard InChI is InChI=1S/C19H32N4O2/c1-3-20-19(21-10-7-13-24-4-2)22-16-17-8-5-6-9-18(17)23-11-14-25-15-12-23/h5-6,8-9H,3-4,7,10-16H2,1-2H3,(H2,20,21,22). The van der Waals surface area contributed by atoms with Gasteiger partial charge in [0.15, 0.2) is 5.96 Å². The molecule has 2 rings (SSSR count). The number of hydrogen-bond acceptors (Lipinski definition) is 4. The van der Waals surface area contributed by atoms with Crippen molar-refractivity contribution in [3.8, 4) is 0 Å². The molecule has 25 heavy (non-hydrogen) atoms. The maximum atomic E-state index is 5.46. The maximum absolute atomic E-state index is 5.46. The van der Waals surface area contributed by atoms with E-state index in [0.717, 1.165) is 65.0 Å². The van der Waals surface area contributed by atoms with Crippen LogP contribution in [0.2, 0.25) is 0 Å². The van der Waals surface area contributed by atoms with Gasteiger partial charge in [0.05, 0.1) is 19.8 Å². The first-order chi connectivity index (χ1) is 12.3. The smallest absolute Gasteiger partial charge is 0.191 e. The average Bonchev–Trinajstić information content (AvgIpc) is 2.67. The molecule has 140 valence electrons. The second-order valence-corrected chi connectivity index (χ2v) is 5.90. The molecule has 0 aliphatic carbocycles. The summed E-state index contributed by atoms with van der Waals surface area (Å²) in [6.45, 7) is 11.5. The molecule has 1 saturated heterocycles. The van der Waals surface area contributed by atoms with Gasteiger partial charge in [-0.3, -0.25) is 0 Å². The number of anilines is 1. The zero-order valence-electron chi connectivity index (χ0n) is 15.6. The van der Waals surface area contributed by atoms with Gasteiger partial charge >= 0.3 is 0 Å². The Balaban J connectivity index is 1.94. The second-order valence-electron chi connectivity index (χ2n) is 5.90. The first-order valence-electron chi connectivity index (χ1n) is 9.35. The Labute approximate surface area is 151 Å². The van der Waals surface area contributed by atoms with Crippen LogP contribution in [0.4, 0.5) is 5.69 Å². The SMILES string of the molecule is CCNC(=NCc1ccccc1N1CCOCC1)NCCCOCC. The van der Waals surface area contributed by atoms with Gasteiger partial charge in [0.25, 0.3) is 0 Å². The van der Waals surface area contributed by atoms with Crippen molar-refractivity contribution in [1.82, 2.24) is 10.6 Å². The molecule has 1 aliphatic heterocycles. The first kappa shape index (κ1) is 19.5. The van der Waals surface area contributed by atoms with Crippen LogP contribution >= 0.6 is 0 Å². The Morgan fingerprint density at radius 3 is 2.76 bits per heavy atom. The zero-order chi connectivity index (χ0) is 17.7. The summed E-state index contributed by atoms with van der Waals surface area (Å²) in [5.74, 6) is 0.857.